The standard InChI is InChI=1S/C21H29FN2O3/c1-16(25)14-24-15-21(9-8-20(24)27)10-12-23(13-11-21)19(26)7-6-17-4-2-3-5-18(17)22/h2-5,16,25H,6-15H2,1H3/t16-/m1/s1. The van der Waals surface area contributed by atoms with Crippen molar-refractivity contribution in [2.75, 3.05) is 26.2 Å². The summed E-state index contributed by atoms with van der Waals surface area (Å²) in [6.45, 7) is 4.13. The molecule has 1 N–H and O–H groups in total. The monoisotopic (exact) mass is 376 g/mol. The summed E-state index contributed by atoms with van der Waals surface area (Å²) in [6, 6.07) is 6.59. The molecule has 0 bridgehead atoms. The summed E-state index contributed by atoms with van der Waals surface area (Å²) in [5, 5.41) is 9.62. The van der Waals surface area contributed by atoms with Gasteiger partial charge in [-0.1, -0.05) is 18.2 Å². The second kappa shape index (κ2) is 8.38. The zero-order chi connectivity index (χ0) is 19.4. The average molecular weight is 376 g/mol. The van der Waals surface area contributed by atoms with E-state index < -0.39 is 6.10 Å². The molecule has 0 aliphatic carbocycles. The smallest absolute Gasteiger partial charge is 0.222 e. The number of carbonyl (C=O) groups excluding carboxylic acids is 2. The van der Waals surface area contributed by atoms with Crippen LogP contribution in [0, 0.1) is 11.2 Å². The number of carbonyl (C=O) groups is 2. The largest absolute Gasteiger partial charge is 0.392 e. The Hall–Kier alpha value is -1.95. The molecule has 1 spiro atoms. The Morgan fingerprint density at radius 2 is 1.96 bits per heavy atom. The maximum Gasteiger partial charge on any atom is 0.222 e. The Kier molecular flexibility index (Phi) is 6.15. The summed E-state index contributed by atoms with van der Waals surface area (Å²) in [7, 11) is 0. The fraction of sp³-hybridized carbons (Fsp3) is 0.619. The number of aliphatic hydroxyl groups is 1. The van der Waals surface area contributed by atoms with Crippen molar-refractivity contribution < 1.29 is 19.1 Å². The van der Waals surface area contributed by atoms with Crippen molar-refractivity contribution in [3.05, 3.63) is 35.6 Å². The van der Waals surface area contributed by atoms with Crippen LogP contribution in [-0.4, -0.2) is 59.0 Å². The van der Waals surface area contributed by atoms with E-state index in [9.17, 15) is 19.1 Å². The Morgan fingerprint density at radius 3 is 2.63 bits per heavy atom. The van der Waals surface area contributed by atoms with Crippen LogP contribution in [0.25, 0.3) is 0 Å². The van der Waals surface area contributed by atoms with E-state index in [0.717, 1.165) is 19.3 Å². The zero-order valence-corrected chi connectivity index (χ0v) is 16.0. The Labute approximate surface area is 160 Å². The number of rotatable bonds is 5. The lowest BCUT2D eigenvalue weighted by molar-refractivity contribution is -0.143. The minimum atomic E-state index is -0.524. The summed E-state index contributed by atoms with van der Waals surface area (Å²) < 4.78 is 13.7. The number of hydrogen-bond acceptors (Lipinski definition) is 3. The summed E-state index contributed by atoms with van der Waals surface area (Å²) in [6.07, 6.45) is 3.35. The molecule has 27 heavy (non-hydrogen) atoms. The van der Waals surface area contributed by atoms with Gasteiger partial charge in [0, 0.05) is 39.0 Å². The highest BCUT2D eigenvalue weighted by Gasteiger charge is 2.41. The first-order valence-corrected chi connectivity index (χ1v) is 9.86. The van der Waals surface area contributed by atoms with Gasteiger partial charge in [0.2, 0.25) is 11.8 Å². The molecule has 3 rings (SSSR count). The van der Waals surface area contributed by atoms with Crippen molar-refractivity contribution in [1.29, 1.82) is 0 Å². The van der Waals surface area contributed by atoms with Gasteiger partial charge in [-0.25, -0.2) is 4.39 Å². The topological polar surface area (TPSA) is 60.9 Å². The third-order valence-electron chi connectivity index (χ3n) is 5.98. The number of aryl methyl sites for hydroxylation is 1. The number of halogens is 1. The molecule has 2 fully saturated rings. The molecule has 1 aromatic rings. The number of β-amino-alcohol motifs (C(OH)–C–C–N with tert-alkyl or cyclic N) is 1. The molecule has 2 aliphatic rings. The van der Waals surface area contributed by atoms with Crippen LogP contribution in [0.3, 0.4) is 0 Å². The van der Waals surface area contributed by atoms with Gasteiger partial charge in [-0.3, -0.25) is 9.59 Å². The van der Waals surface area contributed by atoms with Gasteiger partial charge >= 0.3 is 0 Å². The SMILES string of the molecule is C[C@@H](O)CN1CC2(CCC1=O)CCN(C(=O)CCc1ccccc1F)CC2. The number of amides is 2. The van der Waals surface area contributed by atoms with Crippen molar-refractivity contribution in [2.45, 2.75) is 51.6 Å². The van der Waals surface area contributed by atoms with E-state index in [0.29, 0.717) is 51.0 Å². The summed E-state index contributed by atoms with van der Waals surface area (Å²) >= 11 is 0. The van der Waals surface area contributed by atoms with Gasteiger partial charge in [0.15, 0.2) is 0 Å². The highest BCUT2D eigenvalue weighted by atomic mass is 19.1. The first-order chi connectivity index (χ1) is 12.9. The van der Waals surface area contributed by atoms with Gasteiger partial charge in [0.1, 0.15) is 5.82 Å². The normalized spacial score (nSPS) is 20.8. The Morgan fingerprint density at radius 1 is 1.26 bits per heavy atom. The van der Waals surface area contributed by atoms with E-state index in [1.807, 2.05) is 4.90 Å². The second-order valence-electron chi connectivity index (χ2n) is 8.10. The van der Waals surface area contributed by atoms with Crippen molar-refractivity contribution in [3.63, 3.8) is 0 Å². The Balaban J connectivity index is 1.51. The van der Waals surface area contributed by atoms with Crippen LogP contribution in [0.1, 0.15) is 44.6 Å². The van der Waals surface area contributed by atoms with E-state index in [2.05, 4.69) is 0 Å². The fourth-order valence-corrected chi connectivity index (χ4v) is 4.33. The van der Waals surface area contributed by atoms with Gasteiger partial charge < -0.3 is 14.9 Å². The van der Waals surface area contributed by atoms with Crippen molar-refractivity contribution in [2.24, 2.45) is 5.41 Å². The molecule has 6 heteroatoms. The molecule has 0 aromatic heterocycles. The third kappa shape index (κ3) is 4.86. The number of benzene rings is 1. The predicted molar refractivity (Wildman–Crippen MR) is 100 cm³/mol. The molecule has 0 unspecified atom stereocenters. The van der Waals surface area contributed by atoms with Gasteiger partial charge in [-0.15, -0.1) is 0 Å². The number of hydrogen-bond donors (Lipinski definition) is 1. The lowest BCUT2D eigenvalue weighted by atomic mass is 9.72. The molecule has 1 aromatic carbocycles. The van der Waals surface area contributed by atoms with E-state index >= 15 is 0 Å². The lowest BCUT2D eigenvalue weighted by Crippen LogP contribution is -2.53. The van der Waals surface area contributed by atoms with Gasteiger partial charge in [-0.05, 0) is 49.7 Å². The van der Waals surface area contributed by atoms with Gasteiger partial charge in [0.05, 0.1) is 6.10 Å². The summed E-state index contributed by atoms with van der Waals surface area (Å²) in [5.41, 5.74) is 0.643. The van der Waals surface area contributed by atoms with Crippen LogP contribution in [0.4, 0.5) is 4.39 Å². The number of piperidine rings is 2. The van der Waals surface area contributed by atoms with Gasteiger partial charge in [0.25, 0.3) is 0 Å². The first-order valence-electron chi connectivity index (χ1n) is 9.86. The molecule has 1 atom stereocenters. The molecule has 2 aliphatic heterocycles. The number of aliphatic hydroxyl groups excluding tert-OH is 1. The molecule has 0 radical (unpaired) electrons. The third-order valence-corrected chi connectivity index (χ3v) is 5.98. The van der Waals surface area contributed by atoms with E-state index in [4.69, 9.17) is 0 Å². The van der Waals surface area contributed by atoms with Crippen LogP contribution < -0.4 is 0 Å². The Bertz CT molecular complexity index is 684. The highest BCUT2D eigenvalue weighted by Crippen LogP contribution is 2.40. The molecule has 0 saturated carbocycles. The molecular formula is C21H29FN2O3. The van der Waals surface area contributed by atoms with Gasteiger partial charge in [-0.2, -0.15) is 0 Å². The first kappa shape index (κ1) is 19.8. The highest BCUT2D eigenvalue weighted by molar-refractivity contribution is 5.78. The molecular weight excluding hydrogens is 347 g/mol. The summed E-state index contributed by atoms with van der Waals surface area (Å²) in [4.78, 5) is 28.3. The molecule has 2 amide bonds. The summed E-state index contributed by atoms with van der Waals surface area (Å²) in [5.74, 6) is -0.0706. The van der Waals surface area contributed by atoms with Crippen molar-refractivity contribution >= 4 is 11.8 Å². The fourth-order valence-electron chi connectivity index (χ4n) is 4.33. The molecule has 5 nitrogen and oxygen atoms in total. The lowest BCUT2D eigenvalue weighted by Gasteiger charge is -2.47. The minimum Gasteiger partial charge on any atom is -0.392 e. The molecule has 2 saturated heterocycles. The van der Waals surface area contributed by atoms with Crippen molar-refractivity contribution in [1.82, 2.24) is 9.80 Å². The molecule has 148 valence electrons. The maximum absolute atomic E-state index is 13.7. The van der Waals surface area contributed by atoms with Crippen LogP contribution >= 0.6 is 0 Å². The van der Waals surface area contributed by atoms with E-state index in [1.54, 1.807) is 30.0 Å². The molecule has 2 heterocycles. The van der Waals surface area contributed by atoms with Crippen molar-refractivity contribution in [3.8, 4) is 0 Å². The maximum atomic E-state index is 13.7. The quantitative estimate of drug-likeness (QED) is 0.858. The van der Waals surface area contributed by atoms with Crippen LogP contribution in [0.5, 0.6) is 0 Å². The minimum absolute atomic E-state index is 0.0606. The van der Waals surface area contributed by atoms with Crippen LogP contribution in [0.2, 0.25) is 0 Å². The van der Waals surface area contributed by atoms with E-state index in [-0.39, 0.29) is 23.0 Å². The zero-order valence-electron chi connectivity index (χ0n) is 16.0. The average Bonchev–Trinajstić information content (AvgIpc) is 2.64. The van der Waals surface area contributed by atoms with Crippen LogP contribution in [-0.2, 0) is 16.0 Å². The van der Waals surface area contributed by atoms with Crippen LogP contribution in [0.15, 0.2) is 24.3 Å². The number of nitrogens with zero attached hydrogens (tertiary/aromatic N) is 2. The number of likely N-dealkylation sites (tertiary alicyclic amines) is 2. The second-order valence-corrected chi connectivity index (χ2v) is 8.10. The van der Waals surface area contributed by atoms with E-state index in [1.165, 1.54) is 6.07 Å². The predicted octanol–water partition coefficient (Wildman–Crippen LogP) is 2.37.